The normalized spacial score (nSPS) is 17.1. The van der Waals surface area contributed by atoms with Crippen LogP contribution in [0.2, 0.25) is 0 Å². The molecule has 0 radical (unpaired) electrons. The number of nitriles is 1. The highest BCUT2D eigenvalue weighted by Crippen LogP contribution is 2.34. The van der Waals surface area contributed by atoms with Crippen LogP contribution in [-0.2, 0) is 0 Å². The predicted molar refractivity (Wildman–Crippen MR) is 51.8 cm³/mol. The lowest BCUT2D eigenvalue weighted by molar-refractivity contribution is 0.190. The van der Waals surface area contributed by atoms with Crippen LogP contribution in [0.15, 0.2) is 18.2 Å². The van der Waals surface area contributed by atoms with E-state index in [9.17, 15) is 0 Å². The minimum Gasteiger partial charge on any atom is -0.474 e. The third-order valence-corrected chi connectivity index (χ3v) is 2.43. The summed E-state index contributed by atoms with van der Waals surface area (Å²) in [5, 5.41) is 8.65. The molecule has 1 saturated carbocycles. The van der Waals surface area contributed by atoms with Gasteiger partial charge in [0.05, 0.1) is 0 Å². The first-order chi connectivity index (χ1) is 6.79. The van der Waals surface area contributed by atoms with Crippen LogP contribution in [0.4, 0.5) is 0 Å². The standard InChI is InChI=1S/C11H12N2O/c1-8(9-5-6-9)14-11-4-2-3-10(7-12)13-11/h2-4,8-9H,5-6H2,1H3. The zero-order valence-electron chi connectivity index (χ0n) is 8.10. The molecule has 1 aromatic heterocycles. The number of hydrogen-bond donors (Lipinski definition) is 0. The molecular weight excluding hydrogens is 176 g/mol. The second kappa shape index (κ2) is 3.67. The van der Waals surface area contributed by atoms with Crippen molar-refractivity contribution in [3.8, 4) is 11.9 Å². The van der Waals surface area contributed by atoms with Gasteiger partial charge in [0, 0.05) is 6.07 Å². The Morgan fingerprint density at radius 3 is 3.00 bits per heavy atom. The Labute approximate surface area is 83.3 Å². The van der Waals surface area contributed by atoms with Crippen molar-refractivity contribution in [3.05, 3.63) is 23.9 Å². The number of rotatable bonds is 3. The van der Waals surface area contributed by atoms with E-state index in [1.807, 2.05) is 6.07 Å². The third-order valence-electron chi connectivity index (χ3n) is 2.43. The molecule has 2 rings (SSSR count). The summed E-state index contributed by atoms with van der Waals surface area (Å²) >= 11 is 0. The van der Waals surface area contributed by atoms with Gasteiger partial charge in [0.15, 0.2) is 0 Å². The Hall–Kier alpha value is -1.56. The van der Waals surface area contributed by atoms with E-state index in [4.69, 9.17) is 10.00 Å². The molecule has 0 spiro atoms. The highest BCUT2D eigenvalue weighted by molar-refractivity contribution is 5.24. The molecule has 0 saturated heterocycles. The van der Waals surface area contributed by atoms with Crippen LogP contribution in [0, 0.1) is 17.2 Å². The van der Waals surface area contributed by atoms with Crippen LogP contribution in [0.5, 0.6) is 5.88 Å². The van der Waals surface area contributed by atoms with Crippen molar-refractivity contribution in [2.24, 2.45) is 5.92 Å². The van der Waals surface area contributed by atoms with Gasteiger partial charge in [-0.3, -0.25) is 0 Å². The Balaban J connectivity index is 2.04. The monoisotopic (exact) mass is 188 g/mol. The van der Waals surface area contributed by atoms with Crippen molar-refractivity contribution in [2.45, 2.75) is 25.9 Å². The van der Waals surface area contributed by atoms with Gasteiger partial charge >= 0.3 is 0 Å². The Kier molecular flexibility index (Phi) is 2.36. The van der Waals surface area contributed by atoms with Gasteiger partial charge in [-0.05, 0) is 31.7 Å². The number of aromatic nitrogens is 1. The molecule has 72 valence electrons. The molecule has 0 aromatic carbocycles. The van der Waals surface area contributed by atoms with Gasteiger partial charge in [0.2, 0.25) is 5.88 Å². The summed E-state index contributed by atoms with van der Waals surface area (Å²) in [5.41, 5.74) is 0.408. The van der Waals surface area contributed by atoms with E-state index < -0.39 is 0 Å². The second-order valence-corrected chi connectivity index (χ2v) is 3.63. The van der Waals surface area contributed by atoms with Gasteiger partial charge < -0.3 is 4.74 Å². The predicted octanol–water partition coefficient (Wildman–Crippen LogP) is 2.13. The van der Waals surface area contributed by atoms with Crippen molar-refractivity contribution in [3.63, 3.8) is 0 Å². The molecule has 1 fully saturated rings. The van der Waals surface area contributed by atoms with Crippen molar-refractivity contribution in [1.82, 2.24) is 4.98 Å². The molecule has 0 aliphatic heterocycles. The van der Waals surface area contributed by atoms with E-state index in [-0.39, 0.29) is 6.10 Å². The topological polar surface area (TPSA) is 45.9 Å². The molecule has 1 aliphatic carbocycles. The zero-order chi connectivity index (χ0) is 9.97. The molecule has 0 amide bonds. The number of hydrogen-bond acceptors (Lipinski definition) is 3. The molecule has 1 atom stereocenters. The number of ether oxygens (including phenoxy) is 1. The van der Waals surface area contributed by atoms with E-state index in [0.717, 1.165) is 0 Å². The number of pyridine rings is 1. The fourth-order valence-electron chi connectivity index (χ4n) is 1.40. The van der Waals surface area contributed by atoms with Gasteiger partial charge in [-0.2, -0.15) is 5.26 Å². The van der Waals surface area contributed by atoms with Crippen molar-refractivity contribution in [1.29, 1.82) is 5.26 Å². The largest absolute Gasteiger partial charge is 0.474 e. The first-order valence-corrected chi connectivity index (χ1v) is 4.83. The molecule has 3 nitrogen and oxygen atoms in total. The van der Waals surface area contributed by atoms with Crippen molar-refractivity contribution < 1.29 is 4.74 Å². The highest BCUT2D eigenvalue weighted by Gasteiger charge is 2.29. The van der Waals surface area contributed by atoms with Gasteiger partial charge in [-0.25, -0.2) is 4.98 Å². The van der Waals surface area contributed by atoms with Crippen LogP contribution in [0.3, 0.4) is 0 Å². The molecule has 1 unspecified atom stereocenters. The molecule has 0 N–H and O–H groups in total. The Morgan fingerprint density at radius 1 is 1.57 bits per heavy atom. The quantitative estimate of drug-likeness (QED) is 0.730. The summed E-state index contributed by atoms with van der Waals surface area (Å²) in [6.45, 7) is 2.05. The average molecular weight is 188 g/mol. The molecule has 1 aliphatic rings. The van der Waals surface area contributed by atoms with Crippen LogP contribution in [0.1, 0.15) is 25.5 Å². The minimum atomic E-state index is 0.219. The summed E-state index contributed by atoms with van der Waals surface area (Å²) in [7, 11) is 0. The fourth-order valence-corrected chi connectivity index (χ4v) is 1.40. The smallest absolute Gasteiger partial charge is 0.214 e. The lowest BCUT2D eigenvalue weighted by atomic mass is 10.3. The van der Waals surface area contributed by atoms with Gasteiger partial charge in [-0.15, -0.1) is 0 Å². The molecule has 14 heavy (non-hydrogen) atoms. The fraction of sp³-hybridized carbons (Fsp3) is 0.455. The Bertz CT molecular complexity index is 366. The molecule has 0 bridgehead atoms. The molecule has 3 heteroatoms. The van der Waals surface area contributed by atoms with E-state index >= 15 is 0 Å². The lowest BCUT2D eigenvalue weighted by Crippen LogP contribution is -2.14. The summed E-state index contributed by atoms with van der Waals surface area (Å²) < 4.78 is 5.62. The summed E-state index contributed by atoms with van der Waals surface area (Å²) in [5.74, 6) is 1.24. The first-order valence-electron chi connectivity index (χ1n) is 4.83. The van der Waals surface area contributed by atoms with E-state index in [1.165, 1.54) is 12.8 Å². The molecule has 1 heterocycles. The maximum Gasteiger partial charge on any atom is 0.214 e. The van der Waals surface area contributed by atoms with Crippen LogP contribution < -0.4 is 4.74 Å². The van der Waals surface area contributed by atoms with E-state index in [2.05, 4.69) is 11.9 Å². The summed E-state index contributed by atoms with van der Waals surface area (Å²) in [6, 6.07) is 7.25. The SMILES string of the molecule is CC(Oc1cccc(C#N)n1)C1CC1. The maximum absolute atomic E-state index is 8.65. The summed E-state index contributed by atoms with van der Waals surface area (Å²) in [4.78, 5) is 4.06. The van der Waals surface area contributed by atoms with Gasteiger partial charge in [0.25, 0.3) is 0 Å². The van der Waals surface area contributed by atoms with Crippen molar-refractivity contribution >= 4 is 0 Å². The van der Waals surface area contributed by atoms with Gasteiger partial charge in [-0.1, -0.05) is 6.07 Å². The van der Waals surface area contributed by atoms with Crippen LogP contribution >= 0.6 is 0 Å². The maximum atomic E-state index is 8.65. The van der Waals surface area contributed by atoms with Crippen LogP contribution in [-0.4, -0.2) is 11.1 Å². The van der Waals surface area contributed by atoms with Gasteiger partial charge in [0.1, 0.15) is 17.9 Å². The lowest BCUT2D eigenvalue weighted by Gasteiger charge is -2.12. The summed E-state index contributed by atoms with van der Waals surface area (Å²) in [6.07, 6.45) is 2.72. The van der Waals surface area contributed by atoms with Crippen molar-refractivity contribution in [2.75, 3.05) is 0 Å². The third kappa shape index (κ3) is 2.02. The van der Waals surface area contributed by atoms with E-state index in [0.29, 0.717) is 17.5 Å². The second-order valence-electron chi connectivity index (χ2n) is 3.63. The minimum absolute atomic E-state index is 0.219. The van der Waals surface area contributed by atoms with Crippen LogP contribution in [0.25, 0.3) is 0 Å². The highest BCUT2D eigenvalue weighted by atomic mass is 16.5. The first kappa shape index (κ1) is 9.01. The number of nitrogens with zero attached hydrogens (tertiary/aromatic N) is 2. The Morgan fingerprint density at radius 2 is 2.36 bits per heavy atom. The zero-order valence-corrected chi connectivity index (χ0v) is 8.10. The molecule has 1 aromatic rings. The molecular formula is C11H12N2O. The van der Waals surface area contributed by atoms with E-state index in [1.54, 1.807) is 18.2 Å². The average Bonchev–Trinajstić information content (AvgIpc) is 3.01.